The van der Waals surface area contributed by atoms with E-state index in [1.165, 1.54) is 16.8 Å². The molecule has 0 aromatic heterocycles. The molecule has 102 valence electrons. The van der Waals surface area contributed by atoms with E-state index in [1.807, 2.05) is 4.90 Å². The lowest BCUT2D eigenvalue weighted by Gasteiger charge is -2.25. The molecule has 0 atom stereocenters. The van der Waals surface area contributed by atoms with Crippen LogP contribution < -0.4 is 9.64 Å². The Morgan fingerprint density at radius 1 is 1.16 bits per heavy atom. The number of amides is 1. The van der Waals surface area contributed by atoms with Gasteiger partial charge in [-0.25, -0.2) is 0 Å². The highest BCUT2D eigenvalue weighted by Crippen LogP contribution is 2.39. The van der Waals surface area contributed by atoms with Crippen LogP contribution >= 0.6 is 15.9 Å². The molecule has 2 aliphatic heterocycles. The number of hydrogen-bond donors (Lipinski definition) is 0. The van der Waals surface area contributed by atoms with Crippen molar-refractivity contribution in [1.82, 2.24) is 0 Å². The fraction of sp³-hybridized carbons (Fsp3) is 0.533. The molecular formula is C15H18BrNO2. The van der Waals surface area contributed by atoms with Crippen LogP contribution in [0.25, 0.3) is 0 Å². The first-order valence-electron chi connectivity index (χ1n) is 6.94. The number of anilines is 1. The Labute approximate surface area is 122 Å². The van der Waals surface area contributed by atoms with E-state index in [0.29, 0.717) is 6.42 Å². The first-order chi connectivity index (χ1) is 9.29. The van der Waals surface area contributed by atoms with Crippen LogP contribution in [-0.2, 0) is 17.6 Å². The average Bonchev–Trinajstić information content (AvgIpc) is 2.84. The SMILES string of the molecule is O=C1CCc2cc(OCCCCBr)cc3c2N1CC3. The monoisotopic (exact) mass is 323 g/mol. The molecule has 0 fully saturated rings. The summed E-state index contributed by atoms with van der Waals surface area (Å²) in [6, 6.07) is 4.24. The van der Waals surface area contributed by atoms with Gasteiger partial charge in [-0.1, -0.05) is 15.9 Å². The Morgan fingerprint density at radius 2 is 1.95 bits per heavy atom. The predicted octanol–water partition coefficient (Wildman–Crippen LogP) is 3.08. The maximum atomic E-state index is 11.8. The van der Waals surface area contributed by atoms with E-state index in [-0.39, 0.29) is 5.91 Å². The van der Waals surface area contributed by atoms with Crippen molar-refractivity contribution in [3.63, 3.8) is 0 Å². The van der Waals surface area contributed by atoms with Gasteiger partial charge in [0.15, 0.2) is 0 Å². The summed E-state index contributed by atoms with van der Waals surface area (Å²) in [7, 11) is 0. The van der Waals surface area contributed by atoms with Crippen LogP contribution in [0.4, 0.5) is 5.69 Å². The van der Waals surface area contributed by atoms with Crippen molar-refractivity contribution >= 4 is 27.5 Å². The average molecular weight is 324 g/mol. The van der Waals surface area contributed by atoms with Crippen molar-refractivity contribution in [2.75, 3.05) is 23.4 Å². The minimum atomic E-state index is 0.275. The number of carbonyl (C=O) groups excluding carboxylic acids is 1. The summed E-state index contributed by atoms with van der Waals surface area (Å²) in [6.45, 7) is 1.61. The van der Waals surface area contributed by atoms with Gasteiger partial charge in [0.1, 0.15) is 5.75 Å². The van der Waals surface area contributed by atoms with Gasteiger partial charge in [0.25, 0.3) is 0 Å². The predicted molar refractivity (Wildman–Crippen MR) is 79.3 cm³/mol. The Balaban J connectivity index is 1.77. The highest BCUT2D eigenvalue weighted by atomic mass is 79.9. The lowest BCUT2D eigenvalue weighted by atomic mass is 9.99. The molecule has 0 saturated carbocycles. The molecule has 1 amide bonds. The normalized spacial score (nSPS) is 16.7. The standard InChI is InChI=1S/C15H18BrNO2/c16-6-1-2-8-19-13-9-11-3-4-14(18)17-7-5-12(10-13)15(11)17/h9-10H,1-8H2. The quantitative estimate of drug-likeness (QED) is 0.615. The van der Waals surface area contributed by atoms with E-state index >= 15 is 0 Å². The summed E-state index contributed by atoms with van der Waals surface area (Å²) in [5, 5.41) is 1.03. The van der Waals surface area contributed by atoms with Crippen LogP contribution in [0.1, 0.15) is 30.4 Å². The van der Waals surface area contributed by atoms with Gasteiger partial charge in [-0.3, -0.25) is 4.79 Å². The van der Waals surface area contributed by atoms with Crippen LogP contribution in [-0.4, -0.2) is 24.4 Å². The van der Waals surface area contributed by atoms with Crippen molar-refractivity contribution < 1.29 is 9.53 Å². The van der Waals surface area contributed by atoms with Crippen LogP contribution in [0.2, 0.25) is 0 Å². The van der Waals surface area contributed by atoms with Crippen molar-refractivity contribution in [2.45, 2.75) is 32.1 Å². The van der Waals surface area contributed by atoms with Crippen LogP contribution in [0.3, 0.4) is 0 Å². The van der Waals surface area contributed by atoms with Crippen molar-refractivity contribution in [1.29, 1.82) is 0 Å². The molecule has 4 heteroatoms. The van der Waals surface area contributed by atoms with Gasteiger partial charge in [0, 0.05) is 18.3 Å². The van der Waals surface area contributed by atoms with Gasteiger partial charge in [-0.15, -0.1) is 0 Å². The molecule has 3 rings (SSSR count). The molecule has 0 spiro atoms. The number of aryl methyl sites for hydroxylation is 1. The third kappa shape index (κ3) is 2.50. The summed E-state index contributed by atoms with van der Waals surface area (Å²) in [5.41, 5.74) is 3.73. The molecule has 1 aromatic carbocycles. The maximum Gasteiger partial charge on any atom is 0.227 e. The van der Waals surface area contributed by atoms with Crippen LogP contribution in [0, 0.1) is 0 Å². The highest BCUT2D eigenvalue weighted by Gasteiger charge is 2.31. The number of benzene rings is 1. The van der Waals surface area contributed by atoms with Gasteiger partial charge in [-0.2, -0.15) is 0 Å². The summed E-state index contributed by atoms with van der Waals surface area (Å²) in [5.74, 6) is 1.25. The zero-order chi connectivity index (χ0) is 13.2. The fourth-order valence-electron chi connectivity index (χ4n) is 2.90. The Bertz CT molecular complexity index is 501. The molecule has 0 radical (unpaired) electrons. The maximum absolute atomic E-state index is 11.8. The first kappa shape index (κ1) is 13.0. The lowest BCUT2D eigenvalue weighted by Crippen LogP contribution is -2.32. The minimum Gasteiger partial charge on any atom is -0.494 e. The molecule has 0 bridgehead atoms. The first-order valence-corrected chi connectivity index (χ1v) is 8.06. The Kier molecular flexibility index (Phi) is 3.78. The molecule has 0 aliphatic carbocycles. The zero-order valence-electron chi connectivity index (χ0n) is 11.0. The smallest absolute Gasteiger partial charge is 0.227 e. The van der Waals surface area contributed by atoms with Crippen molar-refractivity contribution in [3.05, 3.63) is 23.3 Å². The highest BCUT2D eigenvalue weighted by molar-refractivity contribution is 9.09. The molecular weight excluding hydrogens is 306 g/mol. The summed E-state index contributed by atoms with van der Waals surface area (Å²) in [4.78, 5) is 13.8. The van der Waals surface area contributed by atoms with E-state index in [2.05, 4.69) is 28.1 Å². The zero-order valence-corrected chi connectivity index (χ0v) is 12.5. The van der Waals surface area contributed by atoms with Crippen LogP contribution in [0.15, 0.2) is 12.1 Å². The number of hydrogen-bond acceptors (Lipinski definition) is 2. The number of nitrogens with zero attached hydrogens (tertiary/aromatic N) is 1. The molecule has 19 heavy (non-hydrogen) atoms. The number of halogens is 1. The Hall–Kier alpha value is -1.03. The second-order valence-electron chi connectivity index (χ2n) is 5.13. The Morgan fingerprint density at radius 3 is 2.74 bits per heavy atom. The van der Waals surface area contributed by atoms with Crippen LogP contribution in [0.5, 0.6) is 5.75 Å². The summed E-state index contributed by atoms with van der Waals surface area (Å²) >= 11 is 3.43. The molecule has 2 aliphatic rings. The second kappa shape index (κ2) is 5.53. The summed E-state index contributed by atoms with van der Waals surface area (Å²) < 4.78 is 5.84. The summed E-state index contributed by atoms with van der Waals surface area (Å²) in [6.07, 6.45) is 4.67. The number of alkyl halides is 1. The topological polar surface area (TPSA) is 29.5 Å². The van der Waals surface area contributed by atoms with Gasteiger partial charge in [0.2, 0.25) is 5.91 Å². The van der Waals surface area contributed by atoms with E-state index in [9.17, 15) is 4.79 Å². The molecule has 1 aromatic rings. The number of ether oxygens (including phenoxy) is 1. The largest absolute Gasteiger partial charge is 0.494 e. The third-order valence-corrected chi connectivity index (χ3v) is 4.38. The van der Waals surface area contributed by atoms with E-state index in [0.717, 1.165) is 49.9 Å². The van der Waals surface area contributed by atoms with E-state index in [4.69, 9.17) is 4.74 Å². The molecule has 0 saturated heterocycles. The van der Waals surface area contributed by atoms with Gasteiger partial charge in [0.05, 0.1) is 12.3 Å². The van der Waals surface area contributed by atoms with Gasteiger partial charge in [-0.05, 0) is 48.9 Å². The third-order valence-electron chi connectivity index (χ3n) is 3.82. The second-order valence-corrected chi connectivity index (χ2v) is 5.92. The van der Waals surface area contributed by atoms with Gasteiger partial charge >= 0.3 is 0 Å². The number of unbranched alkanes of at least 4 members (excludes halogenated alkanes) is 1. The van der Waals surface area contributed by atoms with Crippen molar-refractivity contribution in [3.8, 4) is 5.75 Å². The van der Waals surface area contributed by atoms with E-state index < -0.39 is 0 Å². The van der Waals surface area contributed by atoms with Gasteiger partial charge < -0.3 is 9.64 Å². The lowest BCUT2D eigenvalue weighted by molar-refractivity contribution is -0.118. The fourth-order valence-corrected chi connectivity index (χ4v) is 3.29. The molecule has 0 N–H and O–H groups in total. The number of rotatable bonds is 5. The van der Waals surface area contributed by atoms with Crippen molar-refractivity contribution in [2.24, 2.45) is 0 Å². The number of carbonyl (C=O) groups is 1. The molecule has 3 nitrogen and oxygen atoms in total. The van der Waals surface area contributed by atoms with E-state index in [1.54, 1.807) is 0 Å². The minimum absolute atomic E-state index is 0.275. The molecule has 2 heterocycles. The molecule has 0 unspecified atom stereocenters.